The van der Waals surface area contributed by atoms with Gasteiger partial charge in [-0.25, -0.2) is 12.8 Å². The fraction of sp³-hybridized carbons (Fsp3) is 0.176. The third-order valence-electron chi connectivity index (χ3n) is 3.40. The highest BCUT2D eigenvalue weighted by Gasteiger charge is 2.25. The number of benzene rings is 2. The van der Waals surface area contributed by atoms with Crippen LogP contribution in [0.1, 0.15) is 12.5 Å². The molecular formula is C17H16FN3O3S. The number of halogens is 1. The molecule has 25 heavy (non-hydrogen) atoms. The van der Waals surface area contributed by atoms with E-state index in [-0.39, 0.29) is 11.4 Å². The van der Waals surface area contributed by atoms with Gasteiger partial charge in [0.15, 0.2) is 0 Å². The molecule has 0 saturated heterocycles. The van der Waals surface area contributed by atoms with Crippen LogP contribution in [-0.4, -0.2) is 31.7 Å². The van der Waals surface area contributed by atoms with Crippen molar-refractivity contribution in [2.75, 3.05) is 18.4 Å². The molecule has 8 heteroatoms. The molecule has 0 aliphatic heterocycles. The first-order valence-electron chi connectivity index (χ1n) is 7.42. The summed E-state index contributed by atoms with van der Waals surface area (Å²) in [6.45, 7) is 1.28. The highest BCUT2D eigenvalue weighted by Crippen LogP contribution is 2.16. The number of carbonyl (C=O) groups is 1. The molecule has 0 saturated carbocycles. The van der Waals surface area contributed by atoms with Crippen molar-refractivity contribution >= 4 is 21.6 Å². The van der Waals surface area contributed by atoms with E-state index in [4.69, 9.17) is 5.26 Å². The fourth-order valence-corrected chi connectivity index (χ4v) is 3.55. The molecule has 0 heterocycles. The normalized spacial score (nSPS) is 11.1. The van der Waals surface area contributed by atoms with Crippen LogP contribution in [0, 0.1) is 17.1 Å². The molecule has 0 unspecified atom stereocenters. The van der Waals surface area contributed by atoms with Gasteiger partial charge in [-0.15, -0.1) is 0 Å². The summed E-state index contributed by atoms with van der Waals surface area (Å²) in [4.78, 5) is 12.1. The van der Waals surface area contributed by atoms with Crippen molar-refractivity contribution in [1.29, 1.82) is 5.26 Å². The van der Waals surface area contributed by atoms with Gasteiger partial charge < -0.3 is 5.32 Å². The summed E-state index contributed by atoms with van der Waals surface area (Å²) in [6, 6.07) is 12.7. The fourth-order valence-electron chi connectivity index (χ4n) is 2.15. The van der Waals surface area contributed by atoms with Crippen LogP contribution < -0.4 is 5.32 Å². The van der Waals surface area contributed by atoms with Gasteiger partial charge in [-0.1, -0.05) is 13.0 Å². The first kappa shape index (κ1) is 18.6. The molecule has 0 aliphatic carbocycles. The minimum Gasteiger partial charge on any atom is -0.325 e. The molecule has 0 aliphatic rings. The maximum Gasteiger partial charge on any atom is 0.243 e. The number of hydrogen-bond donors (Lipinski definition) is 1. The van der Waals surface area contributed by atoms with Gasteiger partial charge in [0.2, 0.25) is 15.9 Å². The quantitative estimate of drug-likeness (QED) is 0.855. The molecule has 0 atom stereocenters. The topological polar surface area (TPSA) is 90.3 Å². The second kappa shape index (κ2) is 7.88. The number of rotatable bonds is 6. The summed E-state index contributed by atoms with van der Waals surface area (Å²) >= 11 is 0. The van der Waals surface area contributed by atoms with Crippen molar-refractivity contribution in [3.8, 4) is 6.07 Å². The number of carbonyl (C=O) groups excluding carboxylic acids is 1. The van der Waals surface area contributed by atoms with Crippen molar-refractivity contribution < 1.29 is 17.6 Å². The number of likely N-dealkylation sites (N-methyl/N-ethyl adjacent to an activating group) is 1. The lowest BCUT2D eigenvalue weighted by Crippen LogP contribution is -2.37. The summed E-state index contributed by atoms with van der Waals surface area (Å²) in [5, 5.41) is 11.4. The van der Waals surface area contributed by atoms with Gasteiger partial charge in [-0.2, -0.15) is 9.57 Å². The Kier molecular flexibility index (Phi) is 5.85. The van der Waals surface area contributed by atoms with Crippen LogP contribution in [0.4, 0.5) is 10.1 Å². The summed E-state index contributed by atoms with van der Waals surface area (Å²) < 4.78 is 39.1. The molecule has 2 aromatic rings. The zero-order valence-corrected chi connectivity index (χ0v) is 14.3. The Labute approximate surface area is 145 Å². The zero-order valence-electron chi connectivity index (χ0n) is 13.4. The first-order valence-corrected chi connectivity index (χ1v) is 8.86. The molecule has 1 N–H and O–H groups in total. The van der Waals surface area contributed by atoms with E-state index in [1.54, 1.807) is 25.1 Å². The standard InChI is InChI=1S/C17H16FN3O3S/c1-2-21(25(23,24)16-8-6-14(18)7-9-16)12-17(22)20-15-5-3-4-13(10-15)11-19/h3-10H,2,12H2,1H3,(H,20,22). The van der Waals surface area contributed by atoms with Crippen molar-refractivity contribution in [1.82, 2.24) is 4.31 Å². The Balaban J connectivity index is 2.14. The number of nitriles is 1. The molecule has 0 spiro atoms. The smallest absolute Gasteiger partial charge is 0.243 e. The van der Waals surface area contributed by atoms with Crippen molar-refractivity contribution in [3.05, 3.63) is 59.9 Å². The molecule has 0 radical (unpaired) electrons. The van der Waals surface area contributed by atoms with E-state index in [0.717, 1.165) is 28.6 Å². The van der Waals surface area contributed by atoms with Crippen LogP contribution in [0.25, 0.3) is 0 Å². The van der Waals surface area contributed by atoms with Crippen molar-refractivity contribution in [3.63, 3.8) is 0 Å². The predicted molar refractivity (Wildman–Crippen MR) is 90.6 cm³/mol. The zero-order chi connectivity index (χ0) is 18.4. The van der Waals surface area contributed by atoms with E-state index in [1.807, 2.05) is 6.07 Å². The summed E-state index contributed by atoms with van der Waals surface area (Å²) in [5.74, 6) is -1.08. The van der Waals surface area contributed by atoms with E-state index in [2.05, 4.69) is 5.32 Å². The average molecular weight is 361 g/mol. The van der Waals surface area contributed by atoms with Crippen LogP contribution in [0.15, 0.2) is 53.4 Å². The molecule has 0 aromatic heterocycles. The number of nitrogens with one attached hydrogen (secondary N) is 1. The monoisotopic (exact) mass is 361 g/mol. The SMILES string of the molecule is CCN(CC(=O)Nc1cccc(C#N)c1)S(=O)(=O)c1ccc(F)cc1. The lowest BCUT2D eigenvalue weighted by molar-refractivity contribution is -0.116. The molecule has 0 bridgehead atoms. The number of hydrogen-bond acceptors (Lipinski definition) is 4. The maximum absolute atomic E-state index is 13.0. The Bertz CT molecular complexity index is 905. The van der Waals surface area contributed by atoms with E-state index in [1.165, 1.54) is 6.07 Å². The molecule has 130 valence electrons. The Morgan fingerprint density at radius 1 is 1.24 bits per heavy atom. The van der Waals surface area contributed by atoms with Crippen LogP contribution in [0.3, 0.4) is 0 Å². The van der Waals surface area contributed by atoms with Crippen LogP contribution in [0.2, 0.25) is 0 Å². The minimum absolute atomic E-state index is 0.0748. The second-order valence-electron chi connectivity index (χ2n) is 5.13. The van der Waals surface area contributed by atoms with Crippen molar-refractivity contribution in [2.24, 2.45) is 0 Å². The number of amides is 1. The Morgan fingerprint density at radius 2 is 1.92 bits per heavy atom. The Morgan fingerprint density at radius 3 is 2.52 bits per heavy atom. The first-order chi connectivity index (χ1) is 11.9. The maximum atomic E-state index is 13.0. The third kappa shape index (κ3) is 4.62. The van der Waals surface area contributed by atoms with Gasteiger partial charge in [-0.3, -0.25) is 4.79 Å². The van der Waals surface area contributed by atoms with Crippen LogP contribution >= 0.6 is 0 Å². The van der Waals surface area contributed by atoms with E-state index in [9.17, 15) is 17.6 Å². The third-order valence-corrected chi connectivity index (χ3v) is 5.33. The number of nitrogens with zero attached hydrogens (tertiary/aromatic N) is 2. The van der Waals surface area contributed by atoms with Crippen LogP contribution in [-0.2, 0) is 14.8 Å². The van der Waals surface area contributed by atoms with Gasteiger partial charge >= 0.3 is 0 Å². The summed E-state index contributed by atoms with van der Waals surface area (Å²) in [7, 11) is -3.91. The molecular weight excluding hydrogens is 345 g/mol. The number of sulfonamides is 1. The van der Waals surface area contributed by atoms with Gasteiger partial charge in [0.05, 0.1) is 23.1 Å². The van der Waals surface area contributed by atoms with E-state index < -0.39 is 28.3 Å². The molecule has 1 amide bonds. The number of anilines is 1. The van der Waals surface area contributed by atoms with Gasteiger partial charge in [0.1, 0.15) is 5.82 Å². The molecule has 2 rings (SSSR count). The molecule has 0 fully saturated rings. The van der Waals surface area contributed by atoms with E-state index >= 15 is 0 Å². The Hall–Kier alpha value is -2.76. The summed E-state index contributed by atoms with van der Waals surface area (Å²) in [5.41, 5.74) is 0.781. The lowest BCUT2D eigenvalue weighted by Gasteiger charge is -2.20. The van der Waals surface area contributed by atoms with E-state index in [0.29, 0.717) is 11.3 Å². The summed E-state index contributed by atoms with van der Waals surface area (Å²) in [6.07, 6.45) is 0. The highest BCUT2D eigenvalue weighted by molar-refractivity contribution is 7.89. The molecule has 6 nitrogen and oxygen atoms in total. The van der Waals surface area contributed by atoms with Gasteiger partial charge in [-0.05, 0) is 42.5 Å². The predicted octanol–water partition coefficient (Wildman–Crippen LogP) is 2.35. The second-order valence-corrected chi connectivity index (χ2v) is 7.06. The lowest BCUT2D eigenvalue weighted by atomic mass is 10.2. The van der Waals surface area contributed by atoms with Gasteiger partial charge in [0.25, 0.3) is 0 Å². The van der Waals surface area contributed by atoms with Crippen LogP contribution in [0.5, 0.6) is 0 Å². The molecule has 2 aromatic carbocycles. The largest absolute Gasteiger partial charge is 0.325 e. The highest BCUT2D eigenvalue weighted by atomic mass is 32.2. The minimum atomic E-state index is -3.91. The average Bonchev–Trinajstić information content (AvgIpc) is 2.60. The van der Waals surface area contributed by atoms with Crippen molar-refractivity contribution in [2.45, 2.75) is 11.8 Å². The van der Waals surface area contributed by atoms with Gasteiger partial charge in [0, 0.05) is 12.2 Å².